The van der Waals surface area contributed by atoms with Gasteiger partial charge >= 0.3 is 11.9 Å². The van der Waals surface area contributed by atoms with Gasteiger partial charge in [-0.2, -0.15) is 0 Å². The lowest BCUT2D eigenvalue weighted by Crippen LogP contribution is -2.45. The number of aliphatic carboxylic acids is 1. The van der Waals surface area contributed by atoms with Gasteiger partial charge in [0.2, 0.25) is 0 Å². The standard InChI is InChI=1S/C26H25N3O6S/c1-15(2)23(26(31)32)29(36(33)34)20-13-9-18(10-14-20)17-7-11-19(12-8-17)27-24(30)25-28-22-16(3)5-4-6-21(22)35-25/h4-15,23H,1-3H3,(H,27,30)(H,31,32)(H,33,34)/p-1. The van der Waals surface area contributed by atoms with E-state index in [9.17, 15) is 23.5 Å². The first-order chi connectivity index (χ1) is 17.2. The Kier molecular flexibility index (Phi) is 7.18. The maximum atomic E-state index is 12.6. The molecule has 2 N–H and O–H groups in total. The van der Waals surface area contributed by atoms with E-state index in [1.807, 2.05) is 19.1 Å². The van der Waals surface area contributed by atoms with E-state index in [2.05, 4.69) is 10.3 Å². The molecule has 2 unspecified atom stereocenters. The summed E-state index contributed by atoms with van der Waals surface area (Å²) in [7, 11) is 0. The second-order valence-electron chi connectivity index (χ2n) is 8.59. The quantitative estimate of drug-likeness (QED) is 0.329. The zero-order valence-corrected chi connectivity index (χ0v) is 20.6. The number of nitrogens with zero attached hydrogens (tertiary/aromatic N) is 2. The molecule has 3 aromatic carbocycles. The second kappa shape index (κ2) is 10.3. The fraction of sp³-hybridized carbons (Fsp3) is 0.192. The number of amides is 1. The molecule has 4 aromatic rings. The third-order valence-corrected chi connectivity index (χ3v) is 6.47. The Hall–Kier alpha value is -4.02. The smallest absolute Gasteiger partial charge is 0.327 e. The van der Waals surface area contributed by atoms with E-state index in [1.165, 1.54) is 0 Å². The van der Waals surface area contributed by atoms with Crippen molar-refractivity contribution < 1.29 is 27.9 Å². The number of carboxylic acid groups (broad SMARTS) is 1. The van der Waals surface area contributed by atoms with Gasteiger partial charge in [0.1, 0.15) is 11.6 Å². The lowest BCUT2D eigenvalue weighted by Gasteiger charge is -2.34. The molecule has 186 valence electrons. The zero-order valence-electron chi connectivity index (χ0n) is 19.8. The van der Waals surface area contributed by atoms with Crippen LogP contribution in [-0.2, 0) is 16.1 Å². The van der Waals surface area contributed by atoms with Crippen LogP contribution in [0, 0.1) is 12.8 Å². The van der Waals surface area contributed by atoms with Gasteiger partial charge in [-0.3, -0.25) is 13.3 Å². The van der Waals surface area contributed by atoms with Crippen LogP contribution >= 0.6 is 0 Å². The van der Waals surface area contributed by atoms with E-state index in [1.54, 1.807) is 68.4 Å². The average molecular weight is 507 g/mol. The first-order valence-corrected chi connectivity index (χ1v) is 12.2. The Morgan fingerprint density at radius 1 is 1.03 bits per heavy atom. The Labute approximate surface area is 210 Å². The molecule has 1 heterocycles. The van der Waals surface area contributed by atoms with Crippen molar-refractivity contribution in [3.63, 3.8) is 0 Å². The number of hydrogen-bond acceptors (Lipinski definition) is 6. The highest BCUT2D eigenvalue weighted by atomic mass is 32.2. The summed E-state index contributed by atoms with van der Waals surface area (Å²) in [6.45, 7) is 5.20. The van der Waals surface area contributed by atoms with Crippen molar-refractivity contribution in [2.45, 2.75) is 26.8 Å². The first-order valence-electron chi connectivity index (χ1n) is 11.1. The molecule has 10 heteroatoms. The molecule has 0 radical (unpaired) electrons. The lowest BCUT2D eigenvalue weighted by molar-refractivity contribution is -0.139. The largest absolute Gasteiger partial charge is 0.755 e. The molecule has 0 spiro atoms. The Balaban J connectivity index is 1.50. The topological polar surface area (TPSA) is 136 Å². The number of para-hydroxylation sites is 1. The maximum absolute atomic E-state index is 12.6. The van der Waals surface area contributed by atoms with Crippen LogP contribution in [0.25, 0.3) is 22.2 Å². The highest BCUT2D eigenvalue weighted by Crippen LogP contribution is 2.28. The SMILES string of the molecule is Cc1cccc2oc(C(=O)Nc3ccc(-c4ccc(N(C(C(=O)O)C(C)C)S(=O)[O-])cc4)cc3)nc12. The highest BCUT2D eigenvalue weighted by molar-refractivity contribution is 7.80. The third kappa shape index (κ3) is 5.14. The summed E-state index contributed by atoms with van der Waals surface area (Å²) in [5, 5.41) is 12.3. The number of rotatable bonds is 8. The number of carboxylic acids is 1. The summed E-state index contributed by atoms with van der Waals surface area (Å²) in [6.07, 6.45) is 0. The molecule has 0 bridgehead atoms. The van der Waals surface area contributed by atoms with Crippen molar-refractivity contribution in [3.8, 4) is 11.1 Å². The fourth-order valence-electron chi connectivity index (χ4n) is 3.91. The van der Waals surface area contributed by atoms with Gasteiger partial charge in [0.15, 0.2) is 5.58 Å². The number of aromatic nitrogens is 1. The number of hydrogen-bond donors (Lipinski definition) is 2. The minimum absolute atomic E-state index is 0.0275. The average Bonchev–Trinajstić information content (AvgIpc) is 3.28. The van der Waals surface area contributed by atoms with Crippen LogP contribution in [0.2, 0.25) is 0 Å². The van der Waals surface area contributed by atoms with E-state index in [0.717, 1.165) is 21.0 Å². The van der Waals surface area contributed by atoms with Crippen LogP contribution < -0.4 is 9.62 Å². The number of fused-ring (bicyclic) bond motifs is 1. The van der Waals surface area contributed by atoms with E-state index >= 15 is 0 Å². The normalized spacial score (nSPS) is 12.9. The monoisotopic (exact) mass is 506 g/mol. The molecule has 0 saturated carbocycles. The van der Waals surface area contributed by atoms with Gasteiger partial charge in [0, 0.05) is 22.6 Å². The van der Waals surface area contributed by atoms with Gasteiger partial charge in [0.05, 0.1) is 0 Å². The van der Waals surface area contributed by atoms with Gasteiger partial charge < -0.3 is 19.4 Å². The van der Waals surface area contributed by atoms with Crippen molar-refractivity contribution >= 4 is 45.6 Å². The van der Waals surface area contributed by atoms with Crippen LogP contribution in [0.4, 0.5) is 11.4 Å². The number of nitrogens with one attached hydrogen (secondary N) is 1. The predicted molar refractivity (Wildman–Crippen MR) is 136 cm³/mol. The molecule has 1 amide bonds. The number of oxazole rings is 1. The maximum Gasteiger partial charge on any atom is 0.327 e. The van der Waals surface area contributed by atoms with Gasteiger partial charge in [0.25, 0.3) is 5.89 Å². The van der Waals surface area contributed by atoms with Gasteiger partial charge in [-0.15, -0.1) is 0 Å². The molecule has 9 nitrogen and oxygen atoms in total. The van der Waals surface area contributed by atoms with Crippen LogP contribution in [0.15, 0.2) is 71.1 Å². The summed E-state index contributed by atoms with van der Waals surface area (Å²) in [4.78, 5) is 28.5. The lowest BCUT2D eigenvalue weighted by atomic mass is 10.0. The van der Waals surface area contributed by atoms with Crippen molar-refractivity contribution in [1.82, 2.24) is 4.98 Å². The second-order valence-corrected chi connectivity index (χ2v) is 9.42. The fourth-order valence-corrected chi connectivity index (χ4v) is 4.72. The number of anilines is 2. The Morgan fingerprint density at radius 3 is 2.17 bits per heavy atom. The number of aryl methyl sites for hydroxylation is 1. The van der Waals surface area contributed by atoms with E-state index in [4.69, 9.17) is 4.42 Å². The van der Waals surface area contributed by atoms with Crippen molar-refractivity contribution in [3.05, 3.63) is 78.2 Å². The summed E-state index contributed by atoms with van der Waals surface area (Å²) in [5.74, 6) is -2.14. The Morgan fingerprint density at radius 2 is 1.64 bits per heavy atom. The van der Waals surface area contributed by atoms with Crippen molar-refractivity contribution in [2.75, 3.05) is 9.62 Å². The molecular weight excluding hydrogens is 482 g/mol. The number of carbonyl (C=O) groups is 2. The minimum Gasteiger partial charge on any atom is -0.755 e. The van der Waals surface area contributed by atoms with E-state index in [0.29, 0.717) is 16.8 Å². The highest BCUT2D eigenvalue weighted by Gasteiger charge is 2.30. The zero-order chi connectivity index (χ0) is 26.0. The summed E-state index contributed by atoms with van der Waals surface area (Å²) >= 11 is -2.76. The molecule has 0 aliphatic rings. The van der Waals surface area contributed by atoms with Crippen LogP contribution in [0.5, 0.6) is 0 Å². The van der Waals surface area contributed by atoms with E-state index in [-0.39, 0.29) is 11.6 Å². The van der Waals surface area contributed by atoms with Crippen LogP contribution in [-0.4, -0.2) is 36.8 Å². The summed E-state index contributed by atoms with van der Waals surface area (Å²) < 4.78 is 30.1. The van der Waals surface area contributed by atoms with Crippen LogP contribution in [0.1, 0.15) is 30.1 Å². The predicted octanol–water partition coefficient (Wildman–Crippen LogP) is 4.77. The van der Waals surface area contributed by atoms with Crippen molar-refractivity contribution in [1.29, 1.82) is 0 Å². The molecule has 0 aliphatic carbocycles. The van der Waals surface area contributed by atoms with Crippen LogP contribution in [0.3, 0.4) is 0 Å². The van der Waals surface area contributed by atoms with Gasteiger partial charge in [-0.1, -0.05) is 50.2 Å². The van der Waals surface area contributed by atoms with E-state index < -0.39 is 35.1 Å². The molecule has 4 rings (SSSR count). The summed E-state index contributed by atoms with van der Waals surface area (Å²) in [6, 6.07) is 17.9. The summed E-state index contributed by atoms with van der Waals surface area (Å²) in [5.41, 5.74) is 4.52. The molecule has 1 aromatic heterocycles. The van der Waals surface area contributed by atoms with Crippen molar-refractivity contribution in [2.24, 2.45) is 5.92 Å². The molecule has 36 heavy (non-hydrogen) atoms. The molecule has 2 atom stereocenters. The third-order valence-electron chi connectivity index (χ3n) is 5.71. The van der Waals surface area contributed by atoms with Gasteiger partial charge in [-0.25, -0.2) is 9.78 Å². The molecule has 0 saturated heterocycles. The molecular formula is C26H24N3O6S-. The molecule has 0 aliphatic heterocycles. The number of benzene rings is 3. The van der Waals surface area contributed by atoms with Gasteiger partial charge in [-0.05, 0) is 59.9 Å². The number of carbonyl (C=O) groups excluding carboxylic acids is 1. The minimum atomic E-state index is -2.76. The Bertz CT molecular complexity index is 1430. The first kappa shape index (κ1) is 25.1. The molecule has 0 fully saturated rings.